The molecule has 1 aliphatic rings. The molecule has 5 heteroatoms. The van der Waals surface area contributed by atoms with Gasteiger partial charge in [0.2, 0.25) is 0 Å². The molecule has 1 aromatic carbocycles. The summed E-state index contributed by atoms with van der Waals surface area (Å²) in [5.74, 6) is 1.34. The van der Waals surface area contributed by atoms with Gasteiger partial charge < -0.3 is 10.1 Å². The van der Waals surface area contributed by atoms with Gasteiger partial charge in [-0.15, -0.1) is 0 Å². The van der Waals surface area contributed by atoms with E-state index in [2.05, 4.69) is 5.32 Å². The molecule has 1 N–H and O–H groups in total. The Labute approximate surface area is 106 Å². The zero-order valence-corrected chi connectivity index (χ0v) is 10.5. The summed E-state index contributed by atoms with van der Waals surface area (Å²) in [6.45, 7) is 0.856. The van der Waals surface area contributed by atoms with Gasteiger partial charge in [-0.2, -0.15) is 0 Å². The first-order valence-electron chi connectivity index (χ1n) is 6.26. The largest absolute Gasteiger partial charge is 0.496 e. The maximum Gasteiger partial charge on any atom is 0.275 e. The van der Waals surface area contributed by atoms with E-state index in [1.165, 1.54) is 32.4 Å². The minimum Gasteiger partial charge on any atom is -0.496 e. The van der Waals surface area contributed by atoms with Gasteiger partial charge in [0.1, 0.15) is 5.75 Å². The molecule has 5 nitrogen and oxygen atoms in total. The van der Waals surface area contributed by atoms with Gasteiger partial charge in [-0.05, 0) is 12.3 Å². The van der Waals surface area contributed by atoms with Crippen molar-refractivity contribution >= 4 is 11.4 Å². The normalized spacial score (nSPS) is 14.9. The Kier molecular flexibility index (Phi) is 4.02. The highest BCUT2D eigenvalue weighted by molar-refractivity contribution is 5.56. The van der Waals surface area contributed by atoms with Crippen LogP contribution in [-0.4, -0.2) is 18.6 Å². The lowest BCUT2D eigenvalue weighted by Gasteiger charge is -2.25. The van der Waals surface area contributed by atoms with E-state index in [-0.39, 0.29) is 5.69 Å². The minimum absolute atomic E-state index is 0.0560. The van der Waals surface area contributed by atoms with Crippen LogP contribution in [0.25, 0.3) is 0 Å². The minimum atomic E-state index is -0.403. The molecule has 0 aromatic heterocycles. The topological polar surface area (TPSA) is 64.4 Å². The Morgan fingerprint density at radius 1 is 1.44 bits per heavy atom. The van der Waals surface area contributed by atoms with E-state index in [4.69, 9.17) is 4.74 Å². The van der Waals surface area contributed by atoms with Gasteiger partial charge in [0.05, 0.1) is 18.1 Å². The number of nitrogens with zero attached hydrogens (tertiary/aromatic N) is 1. The summed E-state index contributed by atoms with van der Waals surface area (Å²) in [5, 5.41) is 14.0. The number of rotatable bonds is 6. The fourth-order valence-corrected chi connectivity index (χ4v) is 2.11. The number of hydrogen-bond acceptors (Lipinski definition) is 4. The third kappa shape index (κ3) is 3.12. The second-order valence-electron chi connectivity index (χ2n) is 4.69. The molecule has 1 fully saturated rings. The molecule has 0 saturated heterocycles. The van der Waals surface area contributed by atoms with Crippen LogP contribution in [0.3, 0.4) is 0 Å². The summed E-state index contributed by atoms with van der Waals surface area (Å²) in [4.78, 5) is 10.4. The molecule has 0 spiro atoms. The lowest BCUT2D eigenvalue weighted by molar-refractivity contribution is -0.384. The van der Waals surface area contributed by atoms with Crippen LogP contribution in [0.5, 0.6) is 5.75 Å². The Bertz CT molecular complexity index is 430. The van der Waals surface area contributed by atoms with Crippen molar-refractivity contribution in [1.82, 2.24) is 0 Å². The second kappa shape index (κ2) is 5.71. The molecule has 98 valence electrons. The van der Waals surface area contributed by atoms with Crippen molar-refractivity contribution in [2.24, 2.45) is 5.92 Å². The highest BCUT2D eigenvalue weighted by atomic mass is 16.6. The molecular formula is C13H18N2O3. The van der Waals surface area contributed by atoms with Gasteiger partial charge in [-0.25, -0.2) is 0 Å². The molecule has 0 radical (unpaired) electrons. The van der Waals surface area contributed by atoms with E-state index in [1.54, 1.807) is 12.1 Å². The first-order valence-corrected chi connectivity index (χ1v) is 6.26. The molecule has 18 heavy (non-hydrogen) atoms. The van der Waals surface area contributed by atoms with E-state index in [1.807, 2.05) is 0 Å². The molecule has 1 aliphatic carbocycles. The Hall–Kier alpha value is -1.78. The van der Waals surface area contributed by atoms with Gasteiger partial charge >= 0.3 is 0 Å². The summed E-state index contributed by atoms with van der Waals surface area (Å²) < 4.78 is 5.06. The summed E-state index contributed by atoms with van der Waals surface area (Å²) in [7, 11) is 1.51. The van der Waals surface area contributed by atoms with Crippen molar-refractivity contribution in [2.75, 3.05) is 19.0 Å². The number of ether oxygens (including phenoxy) is 1. The zero-order chi connectivity index (χ0) is 13.0. The van der Waals surface area contributed by atoms with E-state index in [0.717, 1.165) is 24.6 Å². The fourth-order valence-electron chi connectivity index (χ4n) is 2.11. The summed E-state index contributed by atoms with van der Waals surface area (Å²) >= 11 is 0. The van der Waals surface area contributed by atoms with Crippen molar-refractivity contribution in [3.05, 3.63) is 28.3 Å². The van der Waals surface area contributed by atoms with Crippen LogP contribution in [0.2, 0.25) is 0 Å². The molecule has 1 aromatic rings. The smallest absolute Gasteiger partial charge is 0.275 e. The fraction of sp³-hybridized carbons (Fsp3) is 0.538. The number of nitro benzene ring substituents is 1. The average Bonchev–Trinajstić information content (AvgIpc) is 2.31. The predicted octanol–water partition coefficient (Wildman–Crippen LogP) is 3.21. The maximum absolute atomic E-state index is 10.8. The van der Waals surface area contributed by atoms with Crippen LogP contribution in [0.1, 0.15) is 25.7 Å². The number of nitro groups is 1. The monoisotopic (exact) mass is 250 g/mol. The van der Waals surface area contributed by atoms with Crippen molar-refractivity contribution in [3.63, 3.8) is 0 Å². The van der Waals surface area contributed by atoms with Gasteiger partial charge in [-0.3, -0.25) is 10.1 Å². The van der Waals surface area contributed by atoms with Crippen LogP contribution in [-0.2, 0) is 0 Å². The molecule has 0 bridgehead atoms. The SMILES string of the molecule is COc1cc(NCCC2CCC2)cc([N+](=O)[O-])c1. The lowest BCUT2D eigenvalue weighted by Crippen LogP contribution is -2.15. The van der Waals surface area contributed by atoms with Crippen molar-refractivity contribution in [3.8, 4) is 5.75 Å². The number of hydrogen-bond donors (Lipinski definition) is 1. The molecule has 0 atom stereocenters. The highest BCUT2D eigenvalue weighted by Crippen LogP contribution is 2.30. The van der Waals surface area contributed by atoms with Crippen molar-refractivity contribution in [1.29, 1.82) is 0 Å². The van der Waals surface area contributed by atoms with Crippen molar-refractivity contribution in [2.45, 2.75) is 25.7 Å². The van der Waals surface area contributed by atoms with Crippen LogP contribution in [0.15, 0.2) is 18.2 Å². The Morgan fingerprint density at radius 3 is 2.78 bits per heavy atom. The van der Waals surface area contributed by atoms with Gasteiger partial charge in [0.15, 0.2) is 0 Å². The number of methoxy groups -OCH3 is 1. The third-order valence-corrected chi connectivity index (χ3v) is 3.44. The number of nitrogens with one attached hydrogen (secondary N) is 1. The molecular weight excluding hydrogens is 232 g/mol. The maximum atomic E-state index is 10.8. The van der Waals surface area contributed by atoms with Gasteiger partial charge in [-0.1, -0.05) is 19.3 Å². The number of benzene rings is 1. The summed E-state index contributed by atoms with van der Waals surface area (Å²) in [6.07, 6.45) is 5.11. The van der Waals surface area contributed by atoms with Crippen LogP contribution in [0.4, 0.5) is 11.4 Å². The van der Waals surface area contributed by atoms with E-state index in [0.29, 0.717) is 5.75 Å². The quantitative estimate of drug-likeness (QED) is 0.622. The standard InChI is InChI=1S/C13H18N2O3/c1-18-13-8-11(7-12(9-13)15(16)17)14-6-5-10-3-2-4-10/h7-10,14H,2-6H2,1H3. The molecule has 0 unspecified atom stereocenters. The summed E-state index contributed by atoms with van der Waals surface area (Å²) in [6, 6.07) is 4.76. The Balaban J connectivity index is 1.96. The van der Waals surface area contributed by atoms with Crippen LogP contribution in [0, 0.1) is 16.0 Å². The van der Waals surface area contributed by atoms with E-state index in [9.17, 15) is 10.1 Å². The van der Waals surface area contributed by atoms with E-state index >= 15 is 0 Å². The molecule has 0 aliphatic heterocycles. The molecule has 0 heterocycles. The van der Waals surface area contributed by atoms with Crippen LogP contribution >= 0.6 is 0 Å². The molecule has 2 rings (SSSR count). The van der Waals surface area contributed by atoms with Crippen molar-refractivity contribution < 1.29 is 9.66 Å². The van der Waals surface area contributed by atoms with Gasteiger partial charge in [0, 0.05) is 24.4 Å². The van der Waals surface area contributed by atoms with Gasteiger partial charge in [0.25, 0.3) is 5.69 Å². The third-order valence-electron chi connectivity index (χ3n) is 3.44. The first-order chi connectivity index (χ1) is 8.69. The average molecular weight is 250 g/mol. The summed E-state index contributed by atoms with van der Waals surface area (Å²) in [5.41, 5.74) is 0.806. The number of non-ortho nitro benzene ring substituents is 1. The zero-order valence-electron chi connectivity index (χ0n) is 10.5. The predicted molar refractivity (Wildman–Crippen MR) is 70.1 cm³/mol. The highest BCUT2D eigenvalue weighted by Gasteiger charge is 2.16. The first kappa shape index (κ1) is 12.7. The number of anilines is 1. The lowest BCUT2D eigenvalue weighted by atomic mass is 9.83. The van der Waals surface area contributed by atoms with E-state index < -0.39 is 4.92 Å². The Morgan fingerprint density at radius 2 is 2.22 bits per heavy atom. The second-order valence-corrected chi connectivity index (χ2v) is 4.69. The molecule has 1 saturated carbocycles. The molecule has 0 amide bonds. The van der Waals surface area contributed by atoms with Crippen LogP contribution < -0.4 is 10.1 Å².